The van der Waals surface area contributed by atoms with Gasteiger partial charge in [-0.2, -0.15) is 0 Å². The Kier molecular flexibility index (Phi) is 1.65. The molecule has 0 spiro atoms. The van der Waals surface area contributed by atoms with Crippen LogP contribution in [0.25, 0.3) is 0 Å². The average molecular weight is 170 g/mol. The molecule has 3 aliphatic rings. The summed E-state index contributed by atoms with van der Waals surface area (Å²) in [5.74, 6) is -0.519. The predicted octanol–water partition coefficient (Wildman–Crippen LogP) is 1.42. The van der Waals surface area contributed by atoms with E-state index in [1.165, 1.54) is 0 Å². The van der Waals surface area contributed by atoms with E-state index in [4.69, 9.17) is 9.84 Å². The van der Waals surface area contributed by atoms with Crippen molar-refractivity contribution in [2.75, 3.05) is 0 Å². The number of carbonyl (C=O) groups is 1. The molecule has 1 N–H and O–H groups in total. The monoisotopic (exact) mass is 170 g/mol. The number of ether oxygens (including phenoxy) is 1. The third-order valence-corrected chi connectivity index (χ3v) is 3.17. The molecule has 0 aromatic rings. The number of carboxylic acids is 1. The number of carboxylic acid groups (broad SMARTS) is 1. The highest BCUT2D eigenvalue weighted by Crippen LogP contribution is 2.44. The average Bonchev–Trinajstić information content (AvgIpc) is 2.04. The van der Waals surface area contributed by atoms with E-state index in [0.29, 0.717) is 0 Å². The van der Waals surface area contributed by atoms with Crippen molar-refractivity contribution < 1.29 is 14.6 Å². The maximum atomic E-state index is 10.8. The van der Waals surface area contributed by atoms with Crippen LogP contribution < -0.4 is 0 Å². The standard InChI is InChI=1S/C9H14O3/c1-9-4-2-6(3-5-9)7(12-9)8(10)11/h6-7H,2-5H2,1H3,(H,10,11)/t6?,7-,9?/m1/s1. The topological polar surface area (TPSA) is 46.5 Å². The smallest absolute Gasteiger partial charge is 0.333 e. The van der Waals surface area contributed by atoms with Gasteiger partial charge in [0.25, 0.3) is 0 Å². The first kappa shape index (κ1) is 8.05. The van der Waals surface area contributed by atoms with E-state index < -0.39 is 12.1 Å². The minimum atomic E-state index is -0.786. The first-order chi connectivity index (χ1) is 5.61. The minimum Gasteiger partial charge on any atom is -0.479 e. The van der Waals surface area contributed by atoms with Crippen LogP contribution in [0.3, 0.4) is 0 Å². The maximum Gasteiger partial charge on any atom is 0.333 e. The van der Waals surface area contributed by atoms with Crippen LogP contribution in [0.1, 0.15) is 32.6 Å². The van der Waals surface area contributed by atoms with Crippen LogP contribution in [0.4, 0.5) is 0 Å². The van der Waals surface area contributed by atoms with E-state index in [-0.39, 0.29) is 11.5 Å². The van der Waals surface area contributed by atoms with Crippen LogP contribution in [0.2, 0.25) is 0 Å². The fourth-order valence-electron chi connectivity index (χ4n) is 2.33. The molecule has 0 amide bonds. The van der Waals surface area contributed by atoms with E-state index in [9.17, 15) is 4.79 Å². The normalized spacial score (nSPS) is 46.1. The molecular weight excluding hydrogens is 156 g/mol. The van der Waals surface area contributed by atoms with Gasteiger partial charge < -0.3 is 9.84 Å². The fraction of sp³-hybridized carbons (Fsp3) is 0.889. The van der Waals surface area contributed by atoms with Crippen LogP contribution >= 0.6 is 0 Å². The molecule has 3 heteroatoms. The van der Waals surface area contributed by atoms with Crippen LogP contribution in [0.15, 0.2) is 0 Å². The van der Waals surface area contributed by atoms with Crippen molar-refractivity contribution in [2.24, 2.45) is 5.92 Å². The van der Waals surface area contributed by atoms with Gasteiger partial charge in [-0.25, -0.2) is 4.79 Å². The second-order valence-electron chi connectivity index (χ2n) is 4.16. The van der Waals surface area contributed by atoms with E-state index in [2.05, 4.69) is 0 Å². The quantitative estimate of drug-likeness (QED) is 0.647. The summed E-state index contributed by atoms with van der Waals surface area (Å²) in [7, 11) is 0. The van der Waals surface area contributed by atoms with Crippen molar-refractivity contribution in [2.45, 2.75) is 44.3 Å². The Hall–Kier alpha value is -0.570. The van der Waals surface area contributed by atoms with Gasteiger partial charge in [-0.15, -0.1) is 0 Å². The molecule has 1 aliphatic carbocycles. The molecule has 2 saturated heterocycles. The largest absolute Gasteiger partial charge is 0.479 e. The van der Waals surface area contributed by atoms with Crippen LogP contribution in [0, 0.1) is 5.92 Å². The van der Waals surface area contributed by atoms with Crippen molar-refractivity contribution in [3.05, 3.63) is 0 Å². The zero-order chi connectivity index (χ0) is 8.77. The lowest BCUT2D eigenvalue weighted by molar-refractivity contribution is -0.203. The van der Waals surface area contributed by atoms with Gasteiger partial charge in [0.05, 0.1) is 5.60 Å². The van der Waals surface area contributed by atoms with Gasteiger partial charge >= 0.3 is 5.97 Å². The molecule has 0 radical (unpaired) electrons. The lowest BCUT2D eigenvalue weighted by Crippen LogP contribution is -2.51. The highest BCUT2D eigenvalue weighted by atomic mass is 16.5. The first-order valence-electron chi connectivity index (χ1n) is 4.51. The number of hydrogen-bond acceptors (Lipinski definition) is 2. The molecule has 3 rings (SSSR count). The molecule has 0 aromatic carbocycles. The van der Waals surface area contributed by atoms with E-state index in [1.807, 2.05) is 6.92 Å². The van der Waals surface area contributed by atoms with Crippen LogP contribution in [-0.4, -0.2) is 22.8 Å². The first-order valence-corrected chi connectivity index (χ1v) is 4.51. The molecule has 0 unspecified atom stereocenters. The third kappa shape index (κ3) is 1.12. The van der Waals surface area contributed by atoms with Gasteiger partial charge in [-0.05, 0) is 38.5 Å². The van der Waals surface area contributed by atoms with Gasteiger partial charge in [0.1, 0.15) is 0 Å². The van der Waals surface area contributed by atoms with Crippen molar-refractivity contribution in [1.82, 2.24) is 0 Å². The molecule has 12 heavy (non-hydrogen) atoms. The van der Waals surface area contributed by atoms with E-state index in [0.717, 1.165) is 25.7 Å². The Labute approximate surface area is 71.7 Å². The molecule has 0 aromatic heterocycles. The zero-order valence-corrected chi connectivity index (χ0v) is 7.25. The SMILES string of the molecule is CC12CCC(CC1)[C@H](C(=O)O)O2. The zero-order valence-electron chi connectivity index (χ0n) is 7.25. The molecule has 1 atom stereocenters. The van der Waals surface area contributed by atoms with Crippen LogP contribution in [-0.2, 0) is 9.53 Å². The molecule has 2 heterocycles. The third-order valence-electron chi connectivity index (χ3n) is 3.17. The molecule has 2 aliphatic heterocycles. The number of rotatable bonds is 1. The van der Waals surface area contributed by atoms with Gasteiger partial charge in [0.2, 0.25) is 0 Å². The number of hydrogen-bond donors (Lipinski definition) is 1. The molecule has 68 valence electrons. The lowest BCUT2D eigenvalue weighted by Gasteiger charge is -2.47. The predicted molar refractivity (Wildman–Crippen MR) is 42.9 cm³/mol. The maximum absolute atomic E-state index is 10.8. The van der Waals surface area contributed by atoms with E-state index >= 15 is 0 Å². The molecule has 3 nitrogen and oxygen atoms in total. The van der Waals surface area contributed by atoms with Crippen molar-refractivity contribution in [3.8, 4) is 0 Å². The lowest BCUT2D eigenvalue weighted by atomic mass is 9.73. The Bertz CT molecular complexity index is 204. The molecule has 2 bridgehead atoms. The Morgan fingerprint density at radius 2 is 2.08 bits per heavy atom. The second kappa shape index (κ2) is 2.46. The van der Waals surface area contributed by atoms with Gasteiger partial charge in [-0.3, -0.25) is 0 Å². The summed E-state index contributed by atoms with van der Waals surface area (Å²) in [5.41, 5.74) is -0.141. The molecule has 3 fully saturated rings. The Morgan fingerprint density at radius 3 is 2.42 bits per heavy atom. The molecular formula is C9H14O3. The summed E-state index contributed by atoms with van der Waals surface area (Å²) in [5, 5.41) is 8.85. The highest BCUT2D eigenvalue weighted by Gasteiger charge is 2.46. The van der Waals surface area contributed by atoms with Gasteiger partial charge in [0, 0.05) is 0 Å². The number of aliphatic carboxylic acids is 1. The highest BCUT2D eigenvalue weighted by molar-refractivity contribution is 5.73. The minimum absolute atomic E-state index is 0.141. The van der Waals surface area contributed by atoms with Gasteiger partial charge in [-0.1, -0.05) is 0 Å². The summed E-state index contributed by atoms with van der Waals surface area (Å²) in [6.07, 6.45) is 3.57. The summed E-state index contributed by atoms with van der Waals surface area (Å²) in [6, 6.07) is 0. The fourth-order valence-corrected chi connectivity index (χ4v) is 2.33. The van der Waals surface area contributed by atoms with Crippen molar-refractivity contribution in [3.63, 3.8) is 0 Å². The summed E-state index contributed by atoms with van der Waals surface area (Å²) >= 11 is 0. The molecule has 1 saturated carbocycles. The summed E-state index contributed by atoms with van der Waals surface area (Å²) in [4.78, 5) is 10.8. The van der Waals surface area contributed by atoms with Crippen LogP contribution in [0.5, 0.6) is 0 Å². The second-order valence-corrected chi connectivity index (χ2v) is 4.16. The summed E-state index contributed by atoms with van der Waals surface area (Å²) < 4.78 is 5.53. The Morgan fingerprint density at radius 1 is 1.50 bits per heavy atom. The number of fused-ring (bicyclic) bond motifs is 3. The van der Waals surface area contributed by atoms with Gasteiger partial charge in [0.15, 0.2) is 6.10 Å². The Balaban J connectivity index is 2.16. The van der Waals surface area contributed by atoms with Crippen molar-refractivity contribution >= 4 is 5.97 Å². The van der Waals surface area contributed by atoms with Crippen molar-refractivity contribution in [1.29, 1.82) is 0 Å². The van der Waals surface area contributed by atoms with E-state index in [1.54, 1.807) is 0 Å². The summed E-state index contributed by atoms with van der Waals surface area (Å²) in [6.45, 7) is 2.03.